The SMILES string of the molecule is CC1CCN(CCOc2cccc(C(=O)O)c2)CC1C. The van der Waals surface area contributed by atoms with Crippen molar-refractivity contribution in [2.75, 3.05) is 26.2 Å². The summed E-state index contributed by atoms with van der Waals surface area (Å²) in [4.78, 5) is 13.3. The number of hydrogen-bond donors (Lipinski definition) is 1. The Labute approximate surface area is 120 Å². The van der Waals surface area contributed by atoms with Gasteiger partial charge in [0, 0.05) is 13.1 Å². The summed E-state index contributed by atoms with van der Waals surface area (Å²) < 4.78 is 5.66. The fourth-order valence-electron chi connectivity index (χ4n) is 2.56. The Morgan fingerprint density at radius 2 is 2.20 bits per heavy atom. The van der Waals surface area contributed by atoms with E-state index in [1.165, 1.54) is 6.42 Å². The molecule has 0 aromatic heterocycles. The van der Waals surface area contributed by atoms with Crippen LogP contribution in [0.3, 0.4) is 0 Å². The number of carbonyl (C=O) groups is 1. The van der Waals surface area contributed by atoms with Crippen LogP contribution in [0.25, 0.3) is 0 Å². The van der Waals surface area contributed by atoms with E-state index < -0.39 is 5.97 Å². The molecule has 1 aromatic carbocycles. The Morgan fingerprint density at radius 3 is 2.90 bits per heavy atom. The van der Waals surface area contributed by atoms with E-state index in [9.17, 15) is 4.79 Å². The van der Waals surface area contributed by atoms with E-state index in [-0.39, 0.29) is 5.56 Å². The second-order valence-corrected chi connectivity index (χ2v) is 5.73. The largest absolute Gasteiger partial charge is 0.492 e. The molecule has 20 heavy (non-hydrogen) atoms. The number of carboxylic acids is 1. The topological polar surface area (TPSA) is 49.8 Å². The number of ether oxygens (including phenoxy) is 1. The molecule has 1 saturated heterocycles. The van der Waals surface area contributed by atoms with E-state index in [1.54, 1.807) is 24.3 Å². The van der Waals surface area contributed by atoms with Crippen LogP contribution >= 0.6 is 0 Å². The monoisotopic (exact) mass is 277 g/mol. The fourth-order valence-corrected chi connectivity index (χ4v) is 2.56. The quantitative estimate of drug-likeness (QED) is 0.899. The third kappa shape index (κ3) is 3.97. The predicted octanol–water partition coefficient (Wildman–Crippen LogP) is 2.74. The number of nitrogens with zero attached hydrogens (tertiary/aromatic N) is 1. The minimum atomic E-state index is -0.922. The first-order valence-electron chi connectivity index (χ1n) is 7.25. The molecule has 0 aliphatic carbocycles. The summed E-state index contributed by atoms with van der Waals surface area (Å²) in [5, 5.41) is 8.93. The maximum absolute atomic E-state index is 10.9. The van der Waals surface area contributed by atoms with Crippen LogP contribution in [0.5, 0.6) is 5.75 Å². The number of benzene rings is 1. The number of piperidine rings is 1. The van der Waals surface area contributed by atoms with Gasteiger partial charge in [-0.05, 0) is 43.0 Å². The van der Waals surface area contributed by atoms with Crippen molar-refractivity contribution >= 4 is 5.97 Å². The zero-order valence-corrected chi connectivity index (χ0v) is 12.2. The highest BCUT2D eigenvalue weighted by atomic mass is 16.5. The average molecular weight is 277 g/mol. The summed E-state index contributed by atoms with van der Waals surface area (Å²) in [6, 6.07) is 6.66. The minimum absolute atomic E-state index is 0.267. The Morgan fingerprint density at radius 1 is 1.40 bits per heavy atom. The number of rotatable bonds is 5. The number of likely N-dealkylation sites (tertiary alicyclic amines) is 1. The van der Waals surface area contributed by atoms with E-state index in [0.29, 0.717) is 12.4 Å². The average Bonchev–Trinajstić information content (AvgIpc) is 2.43. The number of carboxylic acid groups (broad SMARTS) is 1. The van der Waals surface area contributed by atoms with Gasteiger partial charge in [-0.3, -0.25) is 4.90 Å². The van der Waals surface area contributed by atoms with Crippen molar-refractivity contribution in [1.82, 2.24) is 4.90 Å². The van der Waals surface area contributed by atoms with E-state index >= 15 is 0 Å². The highest BCUT2D eigenvalue weighted by Gasteiger charge is 2.22. The maximum Gasteiger partial charge on any atom is 0.335 e. The second-order valence-electron chi connectivity index (χ2n) is 5.73. The highest BCUT2D eigenvalue weighted by molar-refractivity contribution is 5.87. The molecule has 0 spiro atoms. The molecule has 1 aromatic rings. The summed E-state index contributed by atoms with van der Waals surface area (Å²) in [5.74, 6) is 1.25. The van der Waals surface area contributed by atoms with Crippen LogP contribution < -0.4 is 4.74 Å². The Balaban J connectivity index is 1.78. The molecular weight excluding hydrogens is 254 g/mol. The van der Waals surface area contributed by atoms with Crippen molar-refractivity contribution < 1.29 is 14.6 Å². The van der Waals surface area contributed by atoms with Gasteiger partial charge >= 0.3 is 5.97 Å². The van der Waals surface area contributed by atoms with Crippen LogP contribution in [-0.2, 0) is 0 Å². The minimum Gasteiger partial charge on any atom is -0.492 e. The van der Waals surface area contributed by atoms with Crippen molar-refractivity contribution in [3.8, 4) is 5.75 Å². The van der Waals surface area contributed by atoms with Gasteiger partial charge in [0.15, 0.2) is 0 Å². The van der Waals surface area contributed by atoms with Gasteiger partial charge in [-0.1, -0.05) is 19.9 Å². The van der Waals surface area contributed by atoms with Crippen LogP contribution in [0.15, 0.2) is 24.3 Å². The van der Waals surface area contributed by atoms with E-state index in [1.807, 2.05) is 0 Å². The van der Waals surface area contributed by atoms with Gasteiger partial charge in [0.05, 0.1) is 5.56 Å². The lowest BCUT2D eigenvalue weighted by Gasteiger charge is -2.35. The standard InChI is InChI=1S/C16H23NO3/c1-12-6-7-17(11-13(12)2)8-9-20-15-5-3-4-14(10-15)16(18)19/h3-5,10,12-13H,6-9,11H2,1-2H3,(H,18,19). The molecule has 0 amide bonds. The number of hydrogen-bond acceptors (Lipinski definition) is 3. The highest BCUT2D eigenvalue weighted by Crippen LogP contribution is 2.22. The molecule has 1 N–H and O–H groups in total. The predicted molar refractivity (Wildman–Crippen MR) is 78.3 cm³/mol. The van der Waals surface area contributed by atoms with Gasteiger partial charge in [0.2, 0.25) is 0 Å². The molecule has 0 radical (unpaired) electrons. The van der Waals surface area contributed by atoms with Crippen LogP contribution in [0, 0.1) is 11.8 Å². The van der Waals surface area contributed by atoms with E-state index in [4.69, 9.17) is 9.84 Å². The Bertz CT molecular complexity index is 461. The summed E-state index contributed by atoms with van der Waals surface area (Å²) in [5.41, 5.74) is 0.267. The molecule has 1 fully saturated rings. The zero-order valence-electron chi connectivity index (χ0n) is 12.2. The van der Waals surface area contributed by atoms with Gasteiger partial charge in [-0.25, -0.2) is 4.79 Å². The van der Waals surface area contributed by atoms with E-state index in [0.717, 1.165) is 31.5 Å². The second kappa shape index (κ2) is 6.75. The summed E-state index contributed by atoms with van der Waals surface area (Å²) in [7, 11) is 0. The van der Waals surface area contributed by atoms with Gasteiger partial charge in [0.25, 0.3) is 0 Å². The van der Waals surface area contributed by atoms with Crippen LogP contribution in [-0.4, -0.2) is 42.2 Å². The van der Waals surface area contributed by atoms with Crippen molar-refractivity contribution in [2.45, 2.75) is 20.3 Å². The summed E-state index contributed by atoms with van der Waals surface area (Å²) in [6.07, 6.45) is 1.25. The fraction of sp³-hybridized carbons (Fsp3) is 0.562. The molecule has 1 aliphatic rings. The molecule has 4 heteroatoms. The lowest BCUT2D eigenvalue weighted by Crippen LogP contribution is -2.40. The van der Waals surface area contributed by atoms with Crippen molar-refractivity contribution in [1.29, 1.82) is 0 Å². The Hall–Kier alpha value is -1.55. The lowest BCUT2D eigenvalue weighted by molar-refractivity contribution is 0.0696. The molecule has 1 heterocycles. The molecule has 2 rings (SSSR count). The first-order chi connectivity index (χ1) is 9.56. The Kier molecular flexibility index (Phi) is 5.01. The molecule has 2 atom stereocenters. The van der Waals surface area contributed by atoms with Crippen LogP contribution in [0.1, 0.15) is 30.6 Å². The van der Waals surface area contributed by atoms with Crippen molar-refractivity contribution in [2.24, 2.45) is 11.8 Å². The zero-order chi connectivity index (χ0) is 14.5. The molecule has 2 unspecified atom stereocenters. The maximum atomic E-state index is 10.9. The molecular formula is C16H23NO3. The van der Waals surface area contributed by atoms with Crippen LogP contribution in [0.4, 0.5) is 0 Å². The smallest absolute Gasteiger partial charge is 0.335 e. The molecule has 0 bridgehead atoms. The molecule has 1 aliphatic heterocycles. The first kappa shape index (κ1) is 14.9. The summed E-state index contributed by atoms with van der Waals surface area (Å²) >= 11 is 0. The van der Waals surface area contributed by atoms with Gasteiger partial charge in [0.1, 0.15) is 12.4 Å². The van der Waals surface area contributed by atoms with Crippen molar-refractivity contribution in [3.63, 3.8) is 0 Å². The lowest BCUT2D eigenvalue weighted by atomic mass is 9.89. The van der Waals surface area contributed by atoms with Gasteiger partial charge in [-0.15, -0.1) is 0 Å². The molecule has 0 saturated carbocycles. The normalized spacial score (nSPS) is 23.5. The first-order valence-corrected chi connectivity index (χ1v) is 7.25. The third-order valence-electron chi connectivity index (χ3n) is 4.18. The van der Waals surface area contributed by atoms with Crippen molar-refractivity contribution in [3.05, 3.63) is 29.8 Å². The third-order valence-corrected chi connectivity index (χ3v) is 4.18. The van der Waals surface area contributed by atoms with Gasteiger partial charge in [-0.2, -0.15) is 0 Å². The number of aromatic carboxylic acids is 1. The molecule has 110 valence electrons. The summed E-state index contributed by atoms with van der Waals surface area (Å²) in [6.45, 7) is 8.37. The van der Waals surface area contributed by atoms with Gasteiger partial charge < -0.3 is 9.84 Å². The van der Waals surface area contributed by atoms with E-state index in [2.05, 4.69) is 18.7 Å². The molecule has 4 nitrogen and oxygen atoms in total. The van der Waals surface area contributed by atoms with Crippen LogP contribution in [0.2, 0.25) is 0 Å².